The van der Waals surface area contributed by atoms with Crippen LogP contribution in [0.2, 0.25) is 0 Å². The molecule has 0 aromatic heterocycles. The first-order valence-electron chi connectivity index (χ1n) is 6.32. The predicted octanol–water partition coefficient (Wildman–Crippen LogP) is 0.590. The van der Waals surface area contributed by atoms with Gasteiger partial charge in [-0.15, -0.1) is 0 Å². The minimum absolute atomic E-state index is 0.0880. The number of nitrogens with one attached hydrogen (secondary N) is 1. The normalized spacial score (nSPS) is 13.2. The molecule has 2 N–H and O–H groups in total. The average molecular weight is 305 g/mol. The largest absolute Gasteiger partial charge is 0.491 e. The van der Waals surface area contributed by atoms with Crippen LogP contribution in [0.4, 0.5) is 4.39 Å². The van der Waals surface area contributed by atoms with Gasteiger partial charge in [-0.3, -0.25) is 0 Å². The minimum atomic E-state index is -2.93. The van der Waals surface area contributed by atoms with Crippen LogP contribution in [0.15, 0.2) is 24.3 Å². The van der Waals surface area contributed by atoms with E-state index in [9.17, 15) is 17.9 Å². The molecule has 7 heteroatoms. The molecule has 1 unspecified atom stereocenters. The number of benzene rings is 1. The van der Waals surface area contributed by atoms with E-state index in [1.165, 1.54) is 30.5 Å². The first-order valence-corrected chi connectivity index (χ1v) is 8.38. The molecule has 0 amide bonds. The Morgan fingerprint density at radius 1 is 1.35 bits per heavy atom. The van der Waals surface area contributed by atoms with E-state index in [0.717, 1.165) is 0 Å². The maximum absolute atomic E-state index is 12.7. The van der Waals surface area contributed by atoms with Crippen molar-refractivity contribution in [3.63, 3.8) is 0 Å². The molecule has 1 rings (SSSR count). The standard InChI is InChI=1S/C13H20FNO4S/c1-20(17,18)8-2-7-15-9-12(16)10-19-13-5-3-11(14)4-6-13/h3-6,12,15-16H,2,7-10H2,1H3. The summed E-state index contributed by atoms with van der Waals surface area (Å²) in [5.41, 5.74) is 0. The van der Waals surface area contributed by atoms with Gasteiger partial charge in [0.15, 0.2) is 0 Å². The van der Waals surface area contributed by atoms with E-state index in [1.54, 1.807) is 0 Å². The molecule has 0 heterocycles. The van der Waals surface area contributed by atoms with Gasteiger partial charge in [-0.25, -0.2) is 12.8 Å². The molecule has 0 aliphatic heterocycles. The first kappa shape index (κ1) is 16.9. The molecule has 5 nitrogen and oxygen atoms in total. The lowest BCUT2D eigenvalue weighted by Gasteiger charge is -2.13. The number of sulfone groups is 1. The Kier molecular flexibility index (Phi) is 6.90. The van der Waals surface area contributed by atoms with Crippen LogP contribution in [0.25, 0.3) is 0 Å². The van der Waals surface area contributed by atoms with Gasteiger partial charge in [-0.1, -0.05) is 0 Å². The van der Waals surface area contributed by atoms with Crippen LogP contribution in [-0.4, -0.2) is 51.3 Å². The molecule has 0 saturated carbocycles. The van der Waals surface area contributed by atoms with Gasteiger partial charge in [0.05, 0.1) is 5.75 Å². The van der Waals surface area contributed by atoms with Gasteiger partial charge in [-0.2, -0.15) is 0 Å². The van der Waals surface area contributed by atoms with E-state index in [1.807, 2.05) is 0 Å². The van der Waals surface area contributed by atoms with Crippen molar-refractivity contribution in [2.45, 2.75) is 12.5 Å². The summed E-state index contributed by atoms with van der Waals surface area (Å²) in [4.78, 5) is 0. The Labute approximate surface area is 118 Å². The summed E-state index contributed by atoms with van der Waals surface area (Å²) < 4.78 is 39.7. The van der Waals surface area contributed by atoms with Gasteiger partial charge in [-0.05, 0) is 37.2 Å². The predicted molar refractivity (Wildman–Crippen MR) is 75.1 cm³/mol. The third-order valence-corrected chi connectivity index (χ3v) is 3.53. The summed E-state index contributed by atoms with van der Waals surface area (Å²) in [5.74, 6) is 0.273. The highest BCUT2D eigenvalue weighted by Crippen LogP contribution is 2.11. The van der Waals surface area contributed by atoms with Gasteiger partial charge in [0.1, 0.15) is 34.1 Å². The summed E-state index contributed by atoms with van der Waals surface area (Å²) in [6, 6.07) is 5.54. The Hall–Kier alpha value is -1.18. The number of rotatable bonds is 9. The van der Waals surface area contributed by atoms with E-state index < -0.39 is 15.9 Å². The van der Waals surface area contributed by atoms with E-state index in [2.05, 4.69) is 5.32 Å². The van der Waals surface area contributed by atoms with Crippen LogP contribution >= 0.6 is 0 Å². The highest BCUT2D eigenvalue weighted by atomic mass is 32.2. The van der Waals surface area contributed by atoms with E-state index in [-0.39, 0.29) is 18.2 Å². The Balaban J connectivity index is 2.11. The van der Waals surface area contributed by atoms with Crippen LogP contribution in [0, 0.1) is 5.82 Å². The fourth-order valence-electron chi connectivity index (χ4n) is 1.51. The van der Waals surface area contributed by atoms with Crippen LogP contribution < -0.4 is 10.1 Å². The molecule has 0 saturated heterocycles. The number of ether oxygens (including phenoxy) is 1. The van der Waals surface area contributed by atoms with E-state index in [0.29, 0.717) is 25.3 Å². The van der Waals surface area contributed by atoms with Gasteiger partial charge in [0.25, 0.3) is 0 Å². The van der Waals surface area contributed by atoms with Crippen LogP contribution in [-0.2, 0) is 9.84 Å². The van der Waals surface area contributed by atoms with E-state index >= 15 is 0 Å². The van der Waals surface area contributed by atoms with Crippen molar-refractivity contribution in [3.8, 4) is 5.75 Å². The molecular weight excluding hydrogens is 285 g/mol. The summed E-state index contributed by atoms with van der Waals surface area (Å²) in [6.07, 6.45) is 0.987. The molecule has 0 spiro atoms. The molecule has 1 atom stereocenters. The third-order valence-electron chi connectivity index (χ3n) is 2.50. The summed E-state index contributed by atoms with van der Waals surface area (Å²) in [6.45, 7) is 0.913. The fraction of sp³-hybridized carbons (Fsp3) is 0.538. The Morgan fingerprint density at radius 3 is 2.60 bits per heavy atom. The van der Waals surface area contributed by atoms with Crippen molar-refractivity contribution in [1.29, 1.82) is 0 Å². The molecule has 0 aliphatic rings. The number of halogens is 1. The maximum Gasteiger partial charge on any atom is 0.147 e. The van der Waals surface area contributed by atoms with Crippen LogP contribution in [0.1, 0.15) is 6.42 Å². The zero-order chi connectivity index (χ0) is 15.0. The number of hydrogen-bond donors (Lipinski definition) is 2. The lowest BCUT2D eigenvalue weighted by molar-refractivity contribution is 0.106. The van der Waals surface area contributed by atoms with Gasteiger partial charge >= 0.3 is 0 Å². The molecule has 1 aromatic carbocycles. The van der Waals surface area contributed by atoms with Crippen molar-refractivity contribution in [2.75, 3.05) is 31.7 Å². The van der Waals surface area contributed by atoms with Gasteiger partial charge in [0, 0.05) is 12.8 Å². The van der Waals surface area contributed by atoms with Crippen molar-refractivity contribution in [3.05, 3.63) is 30.1 Å². The molecule has 0 aliphatic carbocycles. The smallest absolute Gasteiger partial charge is 0.147 e. The molecule has 0 bridgehead atoms. The Morgan fingerprint density at radius 2 is 2.00 bits per heavy atom. The second kappa shape index (κ2) is 8.18. The minimum Gasteiger partial charge on any atom is -0.491 e. The molecule has 0 fully saturated rings. The zero-order valence-electron chi connectivity index (χ0n) is 11.4. The first-order chi connectivity index (χ1) is 9.37. The van der Waals surface area contributed by atoms with Crippen molar-refractivity contribution in [2.24, 2.45) is 0 Å². The summed E-state index contributed by atoms with van der Waals surface area (Å²) in [5, 5.41) is 12.6. The molecule has 114 valence electrons. The molecule has 1 aromatic rings. The van der Waals surface area contributed by atoms with Crippen LogP contribution in [0.5, 0.6) is 5.75 Å². The van der Waals surface area contributed by atoms with Crippen molar-refractivity contribution in [1.82, 2.24) is 5.32 Å². The quantitative estimate of drug-likeness (QED) is 0.653. The number of aliphatic hydroxyl groups is 1. The highest BCUT2D eigenvalue weighted by Gasteiger charge is 2.06. The highest BCUT2D eigenvalue weighted by molar-refractivity contribution is 7.90. The Bertz CT molecular complexity index is 490. The molecule has 20 heavy (non-hydrogen) atoms. The number of hydrogen-bond acceptors (Lipinski definition) is 5. The lowest BCUT2D eigenvalue weighted by atomic mass is 10.3. The van der Waals surface area contributed by atoms with Crippen molar-refractivity contribution < 1.29 is 22.7 Å². The third kappa shape index (κ3) is 8.08. The summed E-state index contributed by atoms with van der Waals surface area (Å²) in [7, 11) is -2.93. The molecule has 0 radical (unpaired) electrons. The number of aliphatic hydroxyl groups excluding tert-OH is 1. The lowest BCUT2D eigenvalue weighted by Crippen LogP contribution is -2.32. The van der Waals surface area contributed by atoms with Crippen molar-refractivity contribution >= 4 is 9.84 Å². The molecular formula is C13H20FNO4S. The average Bonchev–Trinajstić information content (AvgIpc) is 2.36. The monoisotopic (exact) mass is 305 g/mol. The summed E-state index contributed by atoms with van der Waals surface area (Å²) >= 11 is 0. The zero-order valence-corrected chi connectivity index (χ0v) is 12.2. The second-order valence-electron chi connectivity index (χ2n) is 4.61. The van der Waals surface area contributed by atoms with Gasteiger partial charge < -0.3 is 15.2 Å². The SMILES string of the molecule is CS(=O)(=O)CCCNCC(O)COc1ccc(F)cc1. The van der Waals surface area contributed by atoms with E-state index in [4.69, 9.17) is 4.74 Å². The van der Waals surface area contributed by atoms with Gasteiger partial charge in [0.2, 0.25) is 0 Å². The maximum atomic E-state index is 12.7. The second-order valence-corrected chi connectivity index (χ2v) is 6.87. The topological polar surface area (TPSA) is 75.6 Å². The van der Waals surface area contributed by atoms with Crippen LogP contribution in [0.3, 0.4) is 0 Å². The fourth-order valence-corrected chi connectivity index (χ4v) is 2.18.